The summed E-state index contributed by atoms with van der Waals surface area (Å²) in [6.45, 7) is 17.3. The molecular weight excluding hydrogens is 609 g/mol. The smallest absolute Gasteiger partial charge is 0.137 e. The molecule has 0 aliphatic rings. The molecule has 4 nitrogen and oxygen atoms in total. The molecule has 50 heavy (non-hydrogen) atoms. The lowest BCUT2D eigenvalue weighted by atomic mass is 9.88. The molecule has 8 rings (SSSR count). The lowest BCUT2D eigenvalue weighted by molar-refractivity contribution is 1.13. The highest BCUT2D eigenvalue weighted by Gasteiger charge is 2.24. The third-order valence-electron chi connectivity index (χ3n) is 9.89. The van der Waals surface area contributed by atoms with Crippen LogP contribution in [-0.2, 0) is 0 Å². The van der Waals surface area contributed by atoms with Crippen LogP contribution in [0, 0.1) is 55.4 Å². The summed E-state index contributed by atoms with van der Waals surface area (Å²) >= 11 is 0. The summed E-state index contributed by atoms with van der Waals surface area (Å²) in [6.07, 6.45) is 0. The molecule has 0 spiro atoms. The molecule has 0 aliphatic heterocycles. The number of aryl methyl sites for hydroxylation is 8. The molecule has 246 valence electrons. The molecule has 0 N–H and O–H groups in total. The van der Waals surface area contributed by atoms with Crippen molar-refractivity contribution in [1.82, 2.24) is 9.97 Å². The van der Waals surface area contributed by atoms with Gasteiger partial charge in [-0.1, -0.05) is 48.5 Å². The van der Waals surface area contributed by atoms with Gasteiger partial charge >= 0.3 is 0 Å². The van der Waals surface area contributed by atoms with Gasteiger partial charge in [0.1, 0.15) is 11.6 Å². The minimum Gasteiger partial charge on any atom is -0.294 e. The lowest BCUT2D eigenvalue weighted by Gasteiger charge is -2.30. The van der Waals surface area contributed by atoms with Crippen molar-refractivity contribution in [2.75, 3.05) is 9.80 Å². The van der Waals surface area contributed by atoms with Gasteiger partial charge in [-0.15, -0.1) is 0 Å². The molecule has 0 saturated carbocycles. The normalized spacial score (nSPS) is 11.6. The van der Waals surface area contributed by atoms with E-state index in [0.29, 0.717) is 0 Å². The summed E-state index contributed by atoms with van der Waals surface area (Å²) in [6, 6.07) is 40.1. The Bertz CT molecular complexity index is 2380. The standard InChI is InChI=1S/C46H42N4/c1-27-19-28(2)22-35(21-27)49(43-13-9-11-33(7)47-43)41-25-31(5)37-16-18-40-42(26-32(6)38-15-17-39(41)45(37)46(38)40)50(44-14-10-12-34(8)48-44)36-23-29(3)20-30(4)24-36/h9-26H,1-8H3. The van der Waals surface area contributed by atoms with Crippen molar-refractivity contribution in [3.05, 3.63) is 154 Å². The molecular formula is C46H42N4. The second-order valence-corrected chi connectivity index (χ2v) is 14.1. The van der Waals surface area contributed by atoms with Gasteiger partial charge in [0.25, 0.3) is 0 Å². The van der Waals surface area contributed by atoms with E-state index >= 15 is 0 Å². The SMILES string of the molecule is Cc1cc(C)cc(N(c2cccc(C)n2)c2cc(C)c3ccc4c(N(c5cc(C)cc(C)c5)c5cccc(C)n5)cc(C)c5ccc2c3c54)c1. The molecule has 0 unspecified atom stereocenters. The molecule has 0 bridgehead atoms. The zero-order valence-corrected chi connectivity index (χ0v) is 30.2. The molecule has 0 saturated heterocycles. The number of hydrogen-bond acceptors (Lipinski definition) is 4. The third kappa shape index (κ3) is 5.32. The molecule has 0 fully saturated rings. The van der Waals surface area contributed by atoms with Crippen LogP contribution in [0.5, 0.6) is 0 Å². The molecule has 4 heteroatoms. The lowest BCUT2D eigenvalue weighted by Crippen LogP contribution is -2.14. The van der Waals surface area contributed by atoms with Crippen molar-refractivity contribution in [2.45, 2.75) is 55.4 Å². The number of anilines is 6. The maximum atomic E-state index is 5.08. The average Bonchev–Trinajstić information content (AvgIpc) is 3.05. The Balaban J connectivity index is 1.48. The van der Waals surface area contributed by atoms with Gasteiger partial charge in [0.2, 0.25) is 0 Å². The van der Waals surface area contributed by atoms with E-state index in [2.05, 4.69) is 174 Å². The van der Waals surface area contributed by atoms with Crippen molar-refractivity contribution >= 4 is 66.7 Å². The zero-order valence-electron chi connectivity index (χ0n) is 30.2. The summed E-state index contributed by atoms with van der Waals surface area (Å²) in [5.41, 5.74) is 13.8. The molecule has 0 radical (unpaired) electrons. The maximum absolute atomic E-state index is 5.08. The van der Waals surface area contributed by atoms with E-state index in [1.807, 2.05) is 0 Å². The van der Waals surface area contributed by atoms with Crippen LogP contribution in [0.4, 0.5) is 34.4 Å². The summed E-state index contributed by atoms with van der Waals surface area (Å²) in [5, 5.41) is 7.49. The van der Waals surface area contributed by atoms with E-state index in [4.69, 9.17) is 9.97 Å². The Morgan fingerprint density at radius 2 is 0.740 bits per heavy atom. The van der Waals surface area contributed by atoms with Gasteiger partial charge in [-0.05, 0) is 171 Å². The molecule has 2 heterocycles. The van der Waals surface area contributed by atoms with Crippen LogP contribution in [-0.4, -0.2) is 9.97 Å². The molecule has 8 aromatic rings. The quantitative estimate of drug-likeness (QED) is 0.168. The summed E-state index contributed by atoms with van der Waals surface area (Å²) in [5.74, 6) is 1.82. The number of rotatable bonds is 6. The number of aromatic nitrogens is 2. The predicted molar refractivity (Wildman–Crippen MR) is 213 cm³/mol. The fraction of sp³-hybridized carbons (Fsp3) is 0.174. The average molecular weight is 651 g/mol. The third-order valence-corrected chi connectivity index (χ3v) is 9.89. The van der Waals surface area contributed by atoms with Crippen molar-refractivity contribution < 1.29 is 0 Å². The van der Waals surface area contributed by atoms with E-state index in [0.717, 1.165) is 45.8 Å². The largest absolute Gasteiger partial charge is 0.294 e. The predicted octanol–water partition coefficient (Wildman–Crippen LogP) is 12.8. The molecule has 0 amide bonds. The van der Waals surface area contributed by atoms with Gasteiger partial charge in [-0.25, -0.2) is 9.97 Å². The first-order chi connectivity index (χ1) is 24.0. The second-order valence-electron chi connectivity index (χ2n) is 14.1. The highest BCUT2D eigenvalue weighted by atomic mass is 15.2. The molecule has 0 atom stereocenters. The van der Waals surface area contributed by atoms with Crippen LogP contribution in [0.15, 0.2) is 109 Å². The van der Waals surface area contributed by atoms with Gasteiger partial charge < -0.3 is 0 Å². The Morgan fingerprint density at radius 3 is 1.10 bits per heavy atom. The number of pyridine rings is 2. The number of hydrogen-bond donors (Lipinski definition) is 0. The summed E-state index contributed by atoms with van der Waals surface area (Å²) in [4.78, 5) is 14.8. The van der Waals surface area contributed by atoms with E-state index in [-0.39, 0.29) is 0 Å². The minimum atomic E-state index is 0.910. The Hall–Kier alpha value is -5.74. The highest BCUT2D eigenvalue weighted by Crippen LogP contribution is 2.49. The first-order valence-corrected chi connectivity index (χ1v) is 17.4. The highest BCUT2D eigenvalue weighted by molar-refractivity contribution is 6.29. The van der Waals surface area contributed by atoms with E-state index < -0.39 is 0 Å². The van der Waals surface area contributed by atoms with Crippen LogP contribution in [0.2, 0.25) is 0 Å². The first kappa shape index (κ1) is 31.5. The summed E-state index contributed by atoms with van der Waals surface area (Å²) in [7, 11) is 0. The van der Waals surface area contributed by atoms with Gasteiger partial charge in [-0.2, -0.15) is 0 Å². The second kappa shape index (κ2) is 12.0. The van der Waals surface area contributed by atoms with Gasteiger partial charge in [0.05, 0.1) is 11.4 Å². The molecule has 6 aromatic carbocycles. The monoisotopic (exact) mass is 650 g/mol. The van der Waals surface area contributed by atoms with Crippen molar-refractivity contribution in [3.63, 3.8) is 0 Å². The van der Waals surface area contributed by atoms with E-state index in [9.17, 15) is 0 Å². The first-order valence-electron chi connectivity index (χ1n) is 17.4. The Labute approximate surface area is 295 Å². The van der Waals surface area contributed by atoms with Crippen molar-refractivity contribution in [1.29, 1.82) is 0 Å². The van der Waals surface area contributed by atoms with Gasteiger partial charge in [0, 0.05) is 33.5 Å². The fourth-order valence-electron chi connectivity index (χ4n) is 7.93. The van der Waals surface area contributed by atoms with Crippen LogP contribution >= 0.6 is 0 Å². The Morgan fingerprint density at radius 1 is 0.380 bits per heavy atom. The van der Waals surface area contributed by atoms with Crippen molar-refractivity contribution in [3.8, 4) is 0 Å². The fourth-order valence-corrected chi connectivity index (χ4v) is 7.93. The van der Waals surface area contributed by atoms with Gasteiger partial charge in [0.15, 0.2) is 0 Å². The van der Waals surface area contributed by atoms with Crippen molar-refractivity contribution in [2.24, 2.45) is 0 Å². The Kier molecular flexibility index (Phi) is 7.56. The van der Waals surface area contributed by atoms with Crippen LogP contribution in [0.1, 0.15) is 44.8 Å². The minimum absolute atomic E-state index is 0.910. The van der Waals surface area contributed by atoms with Crippen LogP contribution < -0.4 is 9.80 Å². The van der Waals surface area contributed by atoms with Crippen LogP contribution in [0.25, 0.3) is 32.3 Å². The zero-order chi connectivity index (χ0) is 34.8. The molecule has 0 aliphatic carbocycles. The maximum Gasteiger partial charge on any atom is 0.137 e. The molecule has 2 aromatic heterocycles. The van der Waals surface area contributed by atoms with E-state index in [1.165, 1.54) is 65.7 Å². The topological polar surface area (TPSA) is 32.3 Å². The van der Waals surface area contributed by atoms with E-state index in [1.54, 1.807) is 0 Å². The van der Waals surface area contributed by atoms with Crippen LogP contribution in [0.3, 0.4) is 0 Å². The summed E-state index contributed by atoms with van der Waals surface area (Å²) < 4.78 is 0. The number of nitrogens with zero attached hydrogens (tertiary/aromatic N) is 4. The number of benzene rings is 6. The van der Waals surface area contributed by atoms with Gasteiger partial charge in [-0.3, -0.25) is 9.80 Å².